The minimum atomic E-state index is 0.0997. The van der Waals surface area contributed by atoms with Gasteiger partial charge in [-0.1, -0.05) is 6.07 Å². The van der Waals surface area contributed by atoms with Gasteiger partial charge >= 0.3 is 0 Å². The number of nitrogens with zero attached hydrogens (tertiary/aromatic N) is 1. The third kappa shape index (κ3) is 3.64. The van der Waals surface area contributed by atoms with E-state index in [1.807, 2.05) is 6.07 Å². The van der Waals surface area contributed by atoms with Crippen molar-refractivity contribution < 1.29 is 18.9 Å². The van der Waals surface area contributed by atoms with Crippen LogP contribution in [0.15, 0.2) is 18.2 Å². The van der Waals surface area contributed by atoms with E-state index >= 15 is 0 Å². The summed E-state index contributed by atoms with van der Waals surface area (Å²) in [6.07, 6.45) is 4.59. The zero-order valence-electron chi connectivity index (χ0n) is 15.2. The number of likely N-dealkylation sites (tertiary alicyclic amines) is 1. The SMILES string of the molecule is CCOCC[C@H]1CCOC12CCN(Cc1ccc3c(c1)OCO3)CC2. The summed E-state index contributed by atoms with van der Waals surface area (Å²) in [4.78, 5) is 2.53. The molecule has 25 heavy (non-hydrogen) atoms. The zero-order chi connectivity index (χ0) is 17.1. The first kappa shape index (κ1) is 17.1. The van der Waals surface area contributed by atoms with Crippen molar-refractivity contribution in [1.82, 2.24) is 4.90 Å². The van der Waals surface area contributed by atoms with Crippen LogP contribution in [0.5, 0.6) is 11.5 Å². The monoisotopic (exact) mass is 347 g/mol. The Bertz CT molecular complexity index is 583. The summed E-state index contributed by atoms with van der Waals surface area (Å²) in [7, 11) is 0. The van der Waals surface area contributed by atoms with Crippen LogP contribution < -0.4 is 9.47 Å². The summed E-state index contributed by atoms with van der Waals surface area (Å²) in [5.41, 5.74) is 1.39. The van der Waals surface area contributed by atoms with Crippen LogP contribution in [0, 0.1) is 5.92 Å². The Balaban J connectivity index is 1.32. The molecule has 1 atom stereocenters. The summed E-state index contributed by atoms with van der Waals surface area (Å²) in [5, 5.41) is 0. The van der Waals surface area contributed by atoms with Crippen LogP contribution in [-0.4, -0.2) is 50.2 Å². The average Bonchev–Trinajstić information content (AvgIpc) is 3.24. The van der Waals surface area contributed by atoms with Gasteiger partial charge in [0.25, 0.3) is 0 Å². The minimum Gasteiger partial charge on any atom is -0.454 e. The molecular formula is C20H29NO4. The molecule has 1 aromatic rings. The summed E-state index contributed by atoms with van der Waals surface area (Å²) in [6, 6.07) is 6.28. The van der Waals surface area contributed by atoms with Crippen LogP contribution in [0.1, 0.15) is 38.2 Å². The Morgan fingerprint density at radius 3 is 2.88 bits per heavy atom. The Labute approximate surface area is 150 Å². The lowest BCUT2D eigenvalue weighted by atomic mass is 9.78. The quantitative estimate of drug-likeness (QED) is 0.739. The third-order valence-electron chi connectivity index (χ3n) is 5.96. The highest BCUT2D eigenvalue weighted by Gasteiger charge is 2.45. The smallest absolute Gasteiger partial charge is 0.231 e. The number of rotatable bonds is 6. The van der Waals surface area contributed by atoms with Gasteiger partial charge in [-0.15, -0.1) is 0 Å². The molecule has 2 saturated heterocycles. The molecule has 0 amide bonds. The molecule has 3 aliphatic heterocycles. The highest BCUT2D eigenvalue weighted by atomic mass is 16.7. The van der Waals surface area contributed by atoms with Gasteiger partial charge in [0.05, 0.1) is 5.60 Å². The molecule has 0 aliphatic carbocycles. The van der Waals surface area contributed by atoms with Gasteiger partial charge in [0, 0.05) is 39.5 Å². The zero-order valence-corrected chi connectivity index (χ0v) is 15.2. The van der Waals surface area contributed by atoms with Gasteiger partial charge in [-0.05, 0) is 56.2 Å². The number of ether oxygens (including phenoxy) is 4. The van der Waals surface area contributed by atoms with E-state index in [0.717, 1.165) is 70.2 Å². The predicted molar refractivity (Wildman–Crippen MR) is 95.0 cm³/mol. The Hall–Kier alpha value is -1.30. The van der Waals surface area contributed by atoms with Crippen molar-refractivity contribution >= 4 is 0 Å². The number of benzene rings is 1. The maximum atomic E-state index is 6.27. The van der Waals surface area contributed by atoms with Gasteiger partial charge in [0.15, 0.2) is 11.5 Å². The van der Waals surface area contributed by atoms with Crippen LogP contribution in [-0.2, 0) is 16.0 Å². The van der Waals surface area contributed by atoms with Crippen molar-refractivity contribution in [3.8, 4) is 11.5 Å². The van der Waals surface area contributed by atoms with E-state index in [4.69, 9.17) is 18.9 Å². The maximum absolute atomic E-state index is 6.27. The molecule has 0 radical (unpaired) electrons. The molecule has 138 valence electrons. The molecule has 3 heterocycles. The van der Waals surface area contributed by atoms with E-state index in [-0.39, 0.29) is 5.60 Å². The summed E-state index contributed by atoms with van der Waals surface area (Å²) in [6.45, 7) is 8.16. The number of fused-ring (bicyclic) bond motifs is 1. The predicted octanol–water partition coefficient (Wildman–Crippen LogP) is 3.21. The van der Waals surface area contributed by atoms with Gasteiger partial charge in [-0.2, -0.15) is 0 Å². The topological polar surface area (TPSA) is 40.2 Å². The van der Waals surface area contributed by atoms with E-state index < -0.39 is 0 Å². The minimum absolute atomic E-state index is 0.0997. The van der Waals surface area contributed by atoms with Crippen molar-refractivity contribution in [3.63, 3.8) is 0 Å². The molecule has 1 aromatic carbocycles. The molecule has 5 nitrogen and oxygen atoms in total. The Morgan fingerprint density at radius 2 is 2.04 bits per heavy atom. The molecule has 0 unspecified atom stereocenters. The van der Waals surface area contributed by atoms with Crippen LogP contribution >= 0.6 is 0 Å². The lowest BCUT2D eigenvalue weighted by Gasteiger charge is -2.42. The van der Waals surface area contributed by atoms with Crippen molar-refractivity contribution in [1.29, 1.82) is 0 Å². The lowest BCUT2D eigenvalue weighted by molar-refractivity contribution is -0.0728. The average molecular weight is 347 g/mol. The summed E-state index contributed by atoms with van der Waals surface area (Å²) in [5.74, 6) is 2.39. The van der Waals surface area contributed by atoms with Crippen molar-refractivity contribution in [2.24, 2.45) is 5.92 Å². The van der Waals surface area contributed by atoms with E-state index in [2.05, 4.69) is 24.0 Å². The first-order valence-electron chi connectivity index (χ1n) is 9.62. The van der Waals surface area contributed by atoms with Crippen LogP contribution in [0.4, 0.5) is 0 Å². The van der Waals surface area contributed by atoms with Gasteiger partial charge in [-0.3, -0.25) is 4.90 Å². The molecule has 0 bridgehead atoms. The lowest BCUT2D eigenvalue weighted by Crippen LogP contribution is -2.47. The number of hydrogen-bond acceptors (Lipinski definition) is 5. The Morgan fingerprint density at radius 1 is 1.20 bits per heavy atom. The van der Waals surface area contributed by atoms with E-state index in [1.165, 1.54) is 12.0 Å². The largest absolute Gasteiger partial charge is 0.454 e. The summed E-state index contributed by atoms with van der Waals surface area (Å²) < 4.78 is 22.7. The number of hydrogen-bond donors (Lipinski definition) is 0. The molecule has 2 fully saturated rings. The van der Waals surface area contributed by atoms with Gasteiger partial charge < -0.3 is 18.9 Å². The molecule has 0 aromatic heterocycles. The first-order chi connectivity index (χ1) is 12.3. The standard InChI is InChI=1S/C20H29NO4/c1-2-22-11-5-17-6-12-25-20(17)7-9-21(10-8-20)14-16-3-4-18-19(13-16)24-15-23-18/h3-4,13,17H,2,5-12,14-15H2,1H3/t17-/m0/s1. The second-order valence-electron chi connectivity index (χ2n) is 7.35. The fourth-order valence-electron chi connectivity index (χ4n) is 4.50. The van der Waals surface area contributed by atoms with Crippen LogP contribution in [0.25, 0.3) is 0 Å². The maximum Gasteiger partial charge on any atom is 0.231 e. The number of piperidine rings is 1. The third-order valence-corrected chi connectivity index (χ3v) is 5.96. The van der Waals surface area contributed by atoms with Crippen molar-refractivity contribution in [3.05, 3.63) is 23.8 Å². The normalized spacial score (nSPS) is 24.9. The fraction of sp³-hybridized carbons (Fsp3) is 0.700. The highest BCUT2D eigenvalue weighted by Crippen LogP contribution is 2.42. The van der Waals surface area contributed by atoms with Crippen molar-refractivity contribution in [2.45, 2.75) is 44.8 Å². The van der Waals surface area contributed by atoms with E-state index in [0.29, 0.717) is 12.7 Å². The molecular weight excluding hydrogens is 318 g/mol. The van der Waals surface area contributed by atoms with Crippen LogP contribution in [0.3, 0.4) is 0 Å². The Kier molecular flexibility index (Phi) is 5.15. The van der Waals surface area contributed by atoms with E-state index in [9.17, 15) is 0 Å². The van der Waals surface area contributed by atoms with E-state index in [1.54, 1.807) is 0 Å². The summed E-state index contributed by atoms with van der Waals surface area (Å²) >= 11 is 0. The fourth-order valence-corrected chi connectivity index (χ4v) is 4.50. The molecule has 5 heteroatoms. The van der Waals surface area contributed by atoms with Crippen LogP contribution in [0.2, 0.25) is 0 Å². The molecule has 0 saturated carbocycles. The first-order valence-corrected chi connectivity index (χ1v) is 9.62. The van der Waals surface area contributed by atoms with Crippen molar-refractivity contribution in [2.75, 3.05) is 39.7 Å². The highest BCUT2D eigenvalue weighted by molar-refractivity contribution is 5.44. The molecule has 1 spiro atoms. The molecule has 4 rings (SSSR count). The van der Waals surface area contributed by atoms with Gasteiger partial charge in [0.2, 0.25) is 6.79 Å². The molecule has 3 aliphatic rings. The van der Waals surface area contributed by atoms with Gasteiger partial charge in [0.1, 0.15) is 0 Å². The van der Waals surface area contributed by atoms with Gasteiger partial charge in [-0.25, -0.2) is 0 Å². The second kappa shape index (κ2) is 7.52. The second-order valence-corrected chi connectivity index (χ2v) is 7.35. The molecule has 0 N–H and O–H groups in total.